The van der Waals surface area contributed by atoms with E-state index in [0.717, 1.165) is 5.69 Å². The Morgan fingerprint density at radius 1 is 1.42 bits per heavy atom. The van der Waals surface area contributed by atoms with Gasteiger partial charge < -0.3 is 9.67 Å². The first-order chi connectivity index (χ1) is 9.04. The highest BCUT2D eigenvalue weighted by molar-refractivity contribution is 5.75. The predicted octanol–water partition coefficient (Wildman–Crippen LogP) is -1.02. The normalized spacial score (nSPS) is 11.7. The summed E-state index contributed by atoms with van der Waals surface area (Å²) in [5.41, 5.74) is 0.578. The number of hydrogen-bond acceptors (Lipinski definition) is 4. The molecule has 3 rings (SSSR count). The molecule has 0 aliphatic heterocycles. The van der Waals surface area contributed by atoms with E-state index in [2.05, 4.69) is 9.97 Å². The van der Waals surface area contributed by atoms with Gasteiger partial charge in [0, 0.05) is 25.5 Å². The first-order valence-electron chi connectivity index (χ1n) is 5.82. The SMILES string of the molecule is Cc1cn2c3c(=O)[nH]c(=O)n(C)c3nc2n1CCO. The van der Waals surface area contributed by atoms with Crippen LogP contribution in [0.3, 0.4) is 0 Å². The van der Waals surface area contributed by atoms with Gasteiger partial charge in [0.05, 0.1) is 6.61 Å². The smallest absolute Gasteiger partial charge is 0.329 e. The van der Waals surface area contributed by atoms with Crippen molar-refractivity contribution in [1.82, 2.24) is 23.5 Å². The quantitative estimate of drug-likeness (QED) is 0.618. The van der Waals surface area contributed by atoms with Crippen LogP contribution in [0.25, 0.3) is 16.9 Å². The van der Waals surface area contributed by atoms with E-state index in [1.807, 2.05) is 6.92 Å². The molecule has 3 aromatic heterocycles. The molecule has 0 radical (unpaired) electrons. The molecular formula is C11H13N5O3. The van der Waals surface area contributed by atoms with E-state index in [4.69, 9.17) is 5.11 Å². The number of aromatic nitrogens is 5. The standard InChI is InChI=1S/C11H13N5O3/c1-6-5-16-7-8(12-10(16)15(6)3-4-17)14(2)11(19)13-9(7)18/h5,17H,3-4H2,1-2H3,(H,13,18,19). The van der Waals surface area contributed by atoms with Crippen LogP contribution in [-0.2, 0) is 13.6 Å². The second-order valence-electron chi connectivity index (χ2n) is 4.42. The Morgan fingerprint density at radius 2 is 2.16 bits per heavy atom. The minimum absolute atomic E-state index is 0.0241. The zero-order chi connectivity index (χ0) is 13.7. The van der Waals surface area contributed by atoms with Crippen LogP contribution in [0.5, 0.6) is 0 Å². The molecule has 0 atom stereocenters. The molecular weight excluding hydrogens is 250 g/mol. The number of aliphatic hydroxyl groups excluding tert-OH is 1. The summed E-state index contributed by atoms with van der Waals surface area (Å²) in [7, 11) is 1.55. The van der Waals surface area contributed by atoms with E-state index >= 15 is 0 Å². The fraction of sp³-hybridized carbons (Fsp3) is 0.364. The molecule has 8 nitrogen and oxygen atoms in total. The maximum absolute atomic E-state index is 11.9. The monoisotopic (exact) mass is 263 g/mol. The highest BCUT2D eigenvalue weighted by Crippen LogP contribution is 2.15. The number of fused-ring (bicyclic) bond motifs is 3. The molecule has 0 bridgehead atoms. The number of nitrogens with one attached hydrogen (secondary N) is 1. The minimum Gasteiger partial charge on any atom is -0.395 e. The Kier molecular flexibility index (Phi) is 2.36. The first kappa shape index (κ1) is 11.7. The maximum Gasteiger partial charge on any atom is 0.329 e. The predicted molar refractivity (Wildman–Crippen MR) is 68.4 cm³/mol. The van der Waals surface area contributed by atoms with Gasteiger partial charge in [0.15, 0.2) is 11.2 Å². The number of H-pyrrole nitrogens is 1. The molecule has 0 aliphatic carbocycles. The number of imidazole rings is 2. The Balaban J connectivity index is 2.54. The van der Waals surface area contributed by atoms with Crippen LogP contribution in [0.4, 0.5) is 0 Å². The van der Waals surface area contributed by atoms with E-state index in [1.165, 1.54) is 4.57 Å². The zero-order valence-electron chi connectivity index (χ0n) is 10.5. The molecule has 0 fully saturated rings. The van der Waals surface area contributed by atoms with Gasteiger partial charge in [-0.1, -0.05) is 0 Å². The van der Waals surface area contributed by atoms with Crippen LogP contribution in [-0.4, -0.2) is 35.2 Å². The third-order valence-corrected chi connectivity index (χ3v) is 3.24. The molecule has 100 valence electrons. The molecule has 19 heavy (non-hydrogen) atoms. The number of hydrogen-bond donors (Lipinski definition) is 2. The van der Waals surface area contributed by atoms with Gasteiger partial charge in [-0.05, 0) is 6.92 Å². The van der Waals surface area contributed by atoms with Crippen molar-refractivity contribution in [1.29, 1.82) is 0 Å². The topological polar surface area (TPSA) is 97.3 Å². The average Bonchev–Trinajstić information content (AvgIpc) is 2.85. The van der Waals surface area contributed by atoms with Gasteiger partial charge in [0.1, 0.15) is 0 Å². The van der Waals surface area contributed by atoms with Crippen molar-refractivity contribution in [2.24, 2.45) is 7.05 Å². The lowest BCUT2D eigenvalue weighted by molar-refractivity contribution is 0.276. The van der Waals surface area contributed by atoms with Crippen molar-refractivity contribution in [3.05, 3.63) is 32.7 Å². The molecule has 0 saturated carbocycles. The molecule has 0 saturated heterocycles. The summed E-state index contributed by atoms with van der Waals surface area (Å²) < 4.78 is 4.73. The van der Waals surface area contributed by atoms with Gasteiger partial charge in [-0.15, -0.1) is 0 Å². The van der Waals surface area contributed by atoms with Crippen molar-refractivity contribution in [2.75, 3.05) is 6.61 Å². The fourth-order valence-corrected chi connectivity index (χ4v) is 2.29. The summed E-state index contributed by atoms with van der Waals surface area (Å²) in [6, 6.07) is 0. The van der Waals surface area contributed by atoms with Crippen LogP contribution >= 0.6 is 0 Å². The van der Waals surface area contributed by atoms with Crippen LogP contribution in [0.2, 0.25) is 0 Å². The molecule has 0 unspecified atom stereocenters. The number of aryl methyl sites for hydroxylation is 2. The maximum atomic E-state index is 11.9. The Labute approximate surface area is 106 Å². The van der Waals surface area contributed by atoms with Crippen LogP contribution in [0, 0.1) is 6.92 Å². The Hall–Kier alpha value is -2.35. The average molecular weight is 263 g/mol. The van der Waals surface area contributed by atoms with Crippen molar-refractivity contribution < 1.29 is 5.11 Å². The van der Waals surface area contributed by atoms with E-state index in [1.54, 1.807) is 22.2 Å². The zero-order valence-corrected chi connectivity index (χ0v) is 10.5. The fourth-order valence-electron chi connectivity index (χ4n) is 2.29. The number of nitrogens with zero attached hydrogens (tertiary/aromatic N) is 4. The molecule has 0 spiro atoms. The van der Waals surface area contributed by atoms with Gasteiger partial charge in [-0.25, -0.2) is 4.79 Å². The largest absolute Gasteiger partial charge is 0.395 e. The molecule has 3 aromatic rings. The summed E-state index contributed by atoms with van der Waals surface area (Å²) in [6.07, 6.45) is 1.76. The number of aliphatic hydroxyl groups is 1. The van der Waals surface area contributed by atoms with Crippen molar-refractivity contribution in [3.8, 4) is 0 Å². The minimum atomic E-state index is -0.497. The Bertz CT molecular complexity index is 895. The molecule has 0 aromatic carbocycles. The summed E-state index contributed by atoms with van der Waals surface area (Å²) >= 11 is 0. The lowest BCUT2D eigenvalue weighted by Crippen LogP contribution is -2.28. The van der Waals surface area contributed by atoms with Gasteiger partial charge in [0.2, 0.25) is 5.78 Å². The van der Waals surface area contributed by atoms with Crippen molar-refractivity contribution >= 4 is 16.9 Å². The highest BCUT2D eigenvalue weighted by atomic mass is 16.3. The lowest BCUT2D eigenvalue weighted by atomic mass is 10.5. The van der Waals surface area contributed by atoms with Crippen LogP contribution < -0.4 is 11.2 Å². The molecule has 8 heteroatoms. The molecule has 2 N–H and O–H groups in total. The molecule has 3 heterocycles. The van der Waals surface area contributed by atoms with Gasteiger partial charge in [-0.2, -0.15) is 4.98 Å². The molecule has 0 aliphatic rings. The van der Waals surface area contributed by atoms with E-state index in [9.17, 15) is 9.59 Å². The first-order valence-corrected chi connectivity index (χ1v) is 5.82. The second-order valence-corrected chi connectivity index (χ2v) is 4.42. The summed E-state index contributed by atoms with van der Waals surface area (Å²) in [6.45, 7) is 2.23. The number of aromatic amines is 1. The second kappa shape index (κ2) is 3.82. The van der Waals surface area contributed by atoms with Gasteiger partial charge >= 0.3 is 5.69 Å². The van der Waals surface area contributed by atoms with Crippen molar-refractivity contribution in [3.63, 3.8) is 0 Å². The third-order valence-electron chi connectivity index (χ3n) is 3.24. The Morgan fingerprint density at radius 3 is 2.84 bits per heavy atom. The van der Waals surface area contributed by atoms with Gasteiger partial charge in [-0.3, -0.25) is 18.7 Å². The van der Waals surface area contributed by atoms with Crippen LogP contribution in [0.1, 0.15) is 5.69 Å². The van der Waals surface area contributed by atoms with E-state index < -0.39 is 11.2 Å². The summed E-state index contributed by atoms with van der Waals surface area (Å²) in [5.74, 6) is 0.535. The van der Waals surface area contributed by atoms with Crippen molar-refractivity contribution in [2.45, 2.75) is 13.5 Å². The lowest BCUT2D eigenvalue weighted by Gasteiger charge is -2.01. The highest BCUT2D eigenvalue weighted by Gasteiger charge is 2.16. The summed E-state index contributed by atoms with van der Waals surface area (Å²) in [4.78, 5) is 30.0. The van der Waals surface area contributed by atoms with E-state index in [-0.39, 0.29) is 6.61 Å². The summed E-state index contributed by atoms with van der Waals surface area (Å²) in [5, 5.41) is 9.07. The van der Waals surface area contributed by atoms with Crippen LogP contribution in [0.15, 0.2) is 15.8 Å². The molecule has 0 amide bonds. The third kappa shape index (κ3) is 1.46. The van der Waals surface area contributed by atoms with E-state index in [0.29, 0.717) is 23.5 Å². The van der Waals surface area contributed by atoms with Gasteiger partial charge in [0.25, 0.3) is 5.56 Å². The number of rotatable bonds is 2.